The van der Waals surface area contributed by atoms with E-state index in [0.29, 0.717) is 0 Å². The third kappa shape index (κ3) is 2.91. The lowest BCUT2D eigenvalue weighted by atomic mass is 10.3. The van der Waals surface area contributed by atoms with Gasteiger partial charge in [0.2, 0.25) is 0 Å². The van der Waals surface area contributed by atoms with Crippen molar-refractivity contribution in [1.82, 2.24) is 14.9 Å². The van der Waals surface area contributed by atoms with Crippen molar-refractivity contribution in [3.63, 3.8) is 0 Å². The molecular formula is C11H15N3S. The predicted octanol–water partition coefficient (Wildman–Crippen LogP) is 2.10. The number of nitrogens with one attached hydrogen (secondary N) is 1. The summed E-state index contributed by atoms with van der Waals surface area (Å²) in [5.74, 6) is 0. The SMILES string of the molecule is CCNCc1cn(Cc2ccsc2)cn1. The minimum Gasteiger partial charge on any atom is -0.333 e. The minimum absolute atomic E-state index is 0.854. The summed E-state index contributed by atoms with van der Waals surface area (Å²) < 4.78 is 2.12. The molecule has 15 heavy (non-hydrogen) atoms. The molecule has 3 nitrogen and oxygen atoms in total. The van der Waals surface area contributed by atoms with Crippen LogP contribution in [-0.2, 0) is 13.1 Å². The molecular weight excluding hydrogens is 206 g/mol. The molecule has 2 heterocycles. The molecule has 2 aromatic rings. The van der Waals surface area contributed by atoms with E-state index in [1.807, 2.05) is 6.33 Å². The monoisotopic (exact) mass is 221 g/mol. The highest BCUT2D eigenvalue weighted by molar-refractivity contribution is 7.07. The van der Waals surface area contributed by atoms with Gasteiger partial charge in [-0.1, -0.05) is 6.92 Å². The number of thiophene rings is 1. The number of nitrogens with zero attached hydrogens (tertiary/aromatic N) is 2. The number of aromatic nitrogens is 2. The third-order valence-electron chi connectivity index (χ3n) is 2.19. The van der Waals surface area contributed by atoms with E-state index in [0.717, 1.165) is 25.3 Å². The molecule has 0 saturated heterocycles. The van der Waals surface area contributed by atoms with E-state index >= 15 is 0 Å². The van der Waals surface area contributed by atoms with Gasteiger partial charge in [0.05, 0.1) is 12.0 Å². The fourth-order valence-corrected chi connectivity index (χ4v) is 2.09. The lowest BCUT2D eigenvalue weighted by Gasteiger charge is -1.98. The van der Waals surface area contributed by atoms with Crippen LogP contribution < -0.4 is 5.32 Å². The smallest absolute Gasteiger partial charge is 0.0953 e. The lowest BCUT2D eigenvalue weighted by Crippen LogP contribution is -2.11. The molecule has 4 heteroatoms. The Bertz CT molecular complexity index is 392. The maximum Gasteiger partial charge on any atom is 0.0953 e. The van der Waals surface area contributed by atoms with Crippen LogP contribution in [0.3, 0.4) is 0 Å². The van der Waals surface area contributed by atoms with Gasteiger partial charge in [-0.3, -0.25) is 0 Å². The second kappa shape index (κ2) is 5.09. The Morgan fingerprint density at radius 1 is 1.53 bits per heavy atom. The first-order chi connectivity index (χ1) is 7.38. The van der Waals surface area contributed by atoms with Gasteiger partial charge in [0, 0.05) is 19.3 Å². The van der Waals surface area contributed by atoms with Gasteiger partial charge in [-0.25, -0.2) is 4.98 Å². The van der Waals surface area contributed by atoms with Gasteiger partial charge in [0.15, 0.2) is 0 Å². The van der Waals surface area contributed by atoms with E-state index < -0.39 is 0 Å². The normalized spacial score (nSPS) is 10.7. The van der Waals surface area contributed by atoms with Crippen molar-refractivity contribution in [1.29, 1.82) is 0 Å². The maximum absolute atomic E-state index is 4.34. The lowest BCUT2D eigenvalue weighted by molar-refractivity contribution is 0.712. The highest BCUT2D eigenvalue weighted by atomic mass is 32.1. The molecule has 1 N–H and O–H groups in total. The van der Waals surface area contributed by atoms with Crippen molar-refractivity contribution in [2.45, 2.75) is 20.0 Å². The van der Waals surface area contributed by atoms with Crippen molar-refractivity contribution in [2.75, 3.05) is 6.54 Å². The Balaban J connectivity index is 1.95. The summed E-state index contributed by atoms with van der Waals surface area (Å²) >= 11 is 1.73. The van der Waals surface area contributed by atoms with Crippen molar-refractivity contribution < 1.29 is 0 Å². The Hall–Kier alpha value is -1.13. The van der Waals surface area contributed by atoms with Crippen molar-refractivity contribution in [3.05, 3.63) is 40.6 Å². The van der Waals surface area contributed by atoms with Crippen LogP contribution in [0.25, 0.3) is 0 Å². The van der Waals surface area contributed by atoms with Crippen LogP contribution >= 0.6 is 11.3 Å². The molecule has 0 aliphatic rings. The summed E-state index contributed by atoms with van der Waals surface area (Å²) in [5, 5.41) is 7.54. The minimum atomic E-state index is 0.854. The van der Waals surface area contributed by atoms with Crippen molar-refractivity contribution >= 4 is 11.3 Å². The second-order valence-corrected chi connectivity index (χ2v) is 4.23. The van der Waals surface area contributed by atoms with Crippen LogP contribution in [0.2, 0.25) is 0 Å². The van der Waals surface area contributed by atoms with E-state index in [9.17, 15) is 0 Å². The highest BCUT2D eigenvalue weighted by Crippen LogP contribution is 2.08. The number of imidazole rings is 1. The van der Waals surface area contributed by atoms with E-state index in [2.05, 4.69) is 44.8 Å². The number of hydrogen-bond donors (Lipinski definition) is 1. The molecule has 0 saturated carbocycles. The Kier molecular flexibility index (Phi) is 3.53. The van der Waals surface area contributed by atoms with Gasteiger partial charge in [-0.15, -0.1) is 0 Å². The van der Waals surface area contributed by atoms with Gasteiger partial charge in [-0.2, -0.15) is 11.3 Å². The molecule has 0 aliphatic carbocycles. The van der Waals surface area contributed by atoms with Gasteiger partial charge in [-0.05, 0) is 28.9 Å². The molecule has 0 bridgehead atoms. The van der Waals surface area contributed by atoms with Crippen LogP contribution in [-0.4, -0.2) is 16.1 Å². The van der Waals surface area contributed by atoms with Gasteiger partial charge in [0.1, 0.15) is 0 Å². The number of rotatable bonds is 5. The summed E-state index contributed by atoms with van der Waals surface area (Å²) in [4.78, 5) is 4.34. The summed E-state index contributed by atoms with van der Waals surface area (Å²) in [6, 6.07) is 2.15. The Morgan fingerprint density at radius 2 is 2.47 bits per heavy atom. The average molecular weight is 221 g/mol. The molecule has 0 aliphatic heterocycles. The Morgan fingerprint density at radius 3 is 3.20 bits per heavy atom. The molecule has 0 radical (unpaired) electrons. The first kappa shape index (κ1) is 10.4. The maximum atomic E-state index is 4.34. The molecule has 0 fully saturated rings. The van der Waals surface area contributed by atoms with Gasteiger partial charge in [0.25, 0.3) is 0 Å². The van der Waals surface area contributed by atoms with Crippen LogP contribution in [0, 0.1) is 0 Å². The molecule has 2 aromatic heterocycles. The zero-order valence-corrected chi connectivity index (χ0v) is 9.63. The quantitative estimate of drug-likeness (QED) is 0.838. The highest BCUT2D eigenvalue weighted by Gasteiger charge is 1.99. The van der Waals surface area contributed by atoms with Crippen molar-refractivity contribution in [3.8, 4) is 0 Å². The topological polar surface area (TPSA) is 29.9 Å². The largest absolute Gasteiger partial charge is 0.333 e. The summed E-state index contributed by atoms with van der Waals surface area (Å²) in [6.45, 7) is 4.86. The van der Waals surface area contributed by atoms with Crippen molar-refractivity contribution in [2.24, 2.45) is 0 Å². The number of hydrogen-bond acceptors (Lipinski definition) is 3. The molecule has 0 spiro atoms. The van der Waals surface area contributed by atoms with Gasteiger partial charge >= 0.3 is 0 Å². The molecule has 2 rings (SSSR count). The van der Waals surface area contributed by atoms with E-state index in [-0.39, 0.29) is 0 Å². The van der Waals surface area contributed by atoms with Crippen LogP contribution in [0.5, 0.6) is 0 Å². The molecule has 0 amide bonds. The summed E-state index contributed by atoms with van der Waals surface area (Å²) in [7, 11) is 0. The summed E-state index contributed by atoms with van der Waals surface area (Å²) in [6.07, 6.45) is 3.99. The first-order valence-corrected chi connectivity index (χ1v) is 6.05. The van der Waals surface area contributed by atoms with E-state index in [1.165, 1.54) is 5.56 Å². The fourth-order valence-electron chi connectivity index (χ4n) is 1.43. The van der Waals surface area contributed by atoms with Crippen LogP contribution in [0.15, 0.2) is 29.4 Å². The zero-order chi connectivity index (χ0) is 10.5. The van der Waals surface area contributed by atoms with Crippen LogP contribution in [0.1, 0.15) is 18.2 Å². The first-order valence-electron chi connectivity index (χ1n) is 5.11. The molecule has 0 atom stereocenters. The molecule has 80 valence electrons. The standard InChI is InChI=1S/C11H15N3S/c1-2-12-5-11-7-14(9-13-11)6-10-3-4-15-8-10/h3-4,7-9,12H,2,5-6H2,1H3. The fraction of sp³-hybridized carbons (Fsp3) is 0.364. The third-order valence-corrected chi connectivity index (χ3v) is 2.92. The van der Waals surface area contributed by atoms with E-state index in [4.69, 9.17) is 0 Å². The summed E-state index contributed by atoms with van der Waals surface area (Å²) in [5.41, 5.74) is 2.44. The zero-order valence-electron chi connectivity index (χ0n) is 8.81. The van der Waals surface area contributed by atoms with Crippen LogP contribution in [0.4, 0.5) is 0 Å². The second-order valence-electron chi connectivity index (χ2n) is 3.45. The molecule has 0 aromatic carbocycles. The van der Waals surface area contributed by atoms with Gasteiger partial charge < -0.3 is 9.88 Å². The molecule has 0 unspecified atom stereocenters. The average Bonchev–Trinajstić information content (AvgIpc) is 2.87. The Labute approximate surface area is 93.8 Å². The predicted molar refractivity (Wildman–Crippen MR) is 63.0 cm³/mol. The van der Waals surface area contributed by atoms with E-state index in [1.54, 1.807) is 11.3 Å².